The molecule has 0 radical (unpaired) electrons. The highest BCUT2D eigenvalue weighted by Crippen LogP contribution is 2.39. The molecule has 0 amide bonds. The van der Waals surface area contributed by atoms with Crippen LogP contribution in [0.5, 0.6) is 0 Å². The normalized spacial score (nSPS) is 15.9. The zero-order valence-electron chi connectivity index (χ0n) is 9.74. The second-order valence-electron chi connectivity index (χ2n) is 4.84. The molecule has 0 bridgehead atoms. The second-order valence-corrected chi connectivity index (χ2v) is 4.84. The number of aromatic nitrogens is 1. The molecule has 2 nitrogen and oxygen atoms in total. The molecule has 1 aromatic carbocycles. The minimum Gasteiger partial charge on any atom is -0.341 e. The summed E-state index contributed by atoms with van der Waals surface area (Å²) in [5, 5.41) is 1.37. The molecule has 0 aliphatic heterocycles. The predicted molar refractivity (Wildman–Crippen MR) is 67.7 cm³/mol. The summed E-state index contributed by atoms with van der Waals surface area (Å²) in [6.45, 7) is 2.89. The Hall–Kier alpha value is -1.28. The molecule has 84 valence electrons. The van der Waals surface area contributed by atoms with Crippen molar-refractivity contribution in [1.29, 1.82) is 0 Å². The second kappa shape index (κ2) is 3.63. The fraction of sp³-hybridized carbons (Fsp3) is 0.429. The van der Waals surface area contributed by atoms with Gasteiger partial charge in [-0.1, -0.05) is 11.6 Å². The fourth-order valence-electron chi connectivity index (χ4n) is 2.52. The SMILES string of the molecule is Cc1ccc2c(c1)cc(CCN)n2C1CC1. The highest BCUT2D eigenvalue weighted by atomic mass is 15.1. The number of hydrogen-bond donors (Lipinski definition) is 1. The lowest BCUT2D eigenvalue weighted by Crippen LogP contribution is -2.07. The van der Waals surface area contributed by atoms with E-state index in [0.29, 0.717) is 0 Å². The maximum absolute atomic E-state index is 5.69. The topological polar surface area (TPSA) is 30.9 Å². The van der Waals surface area contributed by atoms with E-state index in [4.69, 9.17) is 5.73 Å². The van der Waals surface area contributed by atoms with Gasteiger partial charge in [-0.3, -0.25) is 0 Å². The van der Waals surface area contributed by atoms with Crippen LogP contribution in [0.1, 0.15) is 30.1 Å². The fourth-order valence-corrected chi connectivity index (χ4v) is 2.52. The Balaban J connectivity index is 2.20. The summed E-state index contributed by atoms with van der Waals surface area (Å²) in [5.41, 5.74) is 9.82. The molecule has 1 aliphatic carbocycles. The van der Waals surface area contributed by atoms with E-state index >= 15 is 0 Å². The van der Waals surface area contributed by atoms with Gasteiger partial charge in [0.1, 0.15) is 0 Å². The summed E-state index contributed by atoms with van der Waals surface area (Å²) in [5.74, 6) is 0. The van der Waals surface area contributed by atoms with Gasteiger partial charge in [0.05, 0.1) is 0 Å². The van der Waals surface area contributed by atoms with Crippen LogP contribution in [0.25, 0.3) is 10.9 Å². The van der Waals surface area contributed by atoms with Crippen molar-refractivity contribution in [3.63, 3.8) is 0 Å². The van der Waals surface area contributed by atoms with E-state index in [-0.39, 0.29) is 0 Å². The van der Waals surface area contributed by atoms with E-state index in [1.165, 1.54) is 35.0 Å². The molecule has 3 rings (SSSR count). The van der Waals surface area contributed by atoms with Gasteiger partial charge in [-0.25, -0.2) is 0 Å². The van der Waals surface area contributed by atoms with Crippen LogP contribution >= 0.6 is 0 Å². The Bertz CT molecular complexity index is 521. The van der Waals surface area contributed by atoms with Crippen molar-refractivity contribution < 1.29 is 0 Å². The third-order valence-corrected chi connectivity index (χ3v) is 3.39. The summed E-state index contributed by atoms with van der Waals surface area (Å²) in [4.78, 5) is 0. The quantitative estimate of drug-likeness (QED) is 0.836. The van der Waals surface area contributed by atoms with Gasteiger partial charge in [0, 0.05) is 22.6 Å². The van der Waals surface area contributed by atoms with Crippen molar-refractivity contribution in [3.05, 3.63) is 35.5 Å². The molecule has 2 heteroatoms. The monoisotopic (exact) mass is 214 g/mol. The molecule has 2 aromatic rings. The van der Waals surface area contributed by atoms with Crippen LogP contribution in [0.2, 0.25) is 0 Å². The molecule has 1 heterocycles. The summed E-state index contributed by atoms with van der Waals surface area (Å²) in [6, 6.07) is 9.78. The lowest BCUT2D eigenvalue weighted by molar-refractivity contribution is 0.715. The van der Waals surface area contributed by atoms with Gasteiger partial charge in [-0.05, 0) is 50.9 Å². The minimum atomic E-state index is 0.738. The number of nitrogens with zero attached hydrogens (tertiary/aromatic N) is 1. The molecule has 0 unspecified atom stereocenters. The Kier molecular flexibility index (Phi) is 2.25. The zero-order chi connectivity index (χ0) is 11.1. The van der Waals surface area contributed by atoms with Gasteiger partial charge >= 0.3 is 0 Å². The number of nitrogens with two attached hydrogens (primary N) is 1. The average molecular weight is 214 g/mol. The standard InChI is InChI=1S/C14H18N2/c1-10-2-5-14-11(8-10)9-13(6-7-15)16(14)12-3-4-12/h2,5,8-9,12H,3-4,6-7,15H2,1H3. The number of hydrogen-bond acceptors (Lipinski definition) is 1. The molecule has 1 aromatic heterocycles. The van der Waals surface area contributed by atoms with Crippen molar-refractivity contribution >= 4 is 10.9 Å². The highest BCUT2D eigenvalue weighted by Gasteiger charge is 2.26. The highest BCUT2D eigenvalue weighted by molar-refractivity contribution is 5.82. The van der Waals surface area contributed by atoms with E-state index in [1.54, 1.807) is 0 Å². The van der Waals surface area contributed by atoms with Crippen molar-refractivity contribution in [1.82, 2.24) is 4.57 Å². The first-order valence-electron chi connectivity index (χ1n) is 6.10. The predicted octanol–water partition coefficient (Wildman–Crippen LogP) is 2.79. The van der Waals surface area contributed by atoms with E-state index in [2.05, 4.69) is 35.8 Å². The Morgan fingerprint density at radius 1 is 1.31 bits per heavy atom. The Morgan fingerprint density at radius 3 is 2.81 bits per heavy atom. The number of rotatable bonds is 3. The lowest BCUT2D eigenvalue weighted by atomic mass is 10.2. The van der Waals surface area contributed by atoms with E-state index in [1.807, 2.05) is 0 Å². The first kappa shape index (κ1) is 9.91. The maximum Gasteiger partial charge on any atom is 0.0485 e. The first-order valence-corrected chi connectivity index (χ1v) is 6.10. The third kappa shape index (κ3) is 1.54. The molecule has 2 N–H and O–H groups in total. The summed E-state index contributed by atoms with van der Waals surface area (Å²) in [7, 11) is 0. The molecule has 0 atom stereocenters. The van der Waals surface area contributed by atoms with Gasteiger partial charge in [0.25, 0.3) is 0 Å². The van der Waals surface area contributed by atoms with Gasteiger partial charge in [0.2, 0.25) is 0 Å². The van der Waals surface area contributed by atoms with Crippen LogP contribution in [0.3, 0.4) is 0 Å². The summed E-state index contributed by atoms with van der Waals surface area (Å²) >= 11 is 0. The van der Waals surface area contributed by atoms with Gasteiger partial charge in [-0.2, -0.15) is 0 Å². The van der Waals surface area contributed by atoms with Crippen molar-refractivity contribution in [2.24, 2.45) is 5.73 Å². The van der Waals surface area contributed by atoms with Gasteiger partial charge < -0.3 is 10.3 Å². The third-order valence-electron chi connectivity index (χ3n) is 3.39. The van der Waals surface area contributed by atoms with Crippen LogP contribution in [0.4, 0.5) is 0 Å². The first-order chi connectivity index (χ1) is 7.79. The Labute approximate surface area is 96.1 Å². The maximum atomic E-state index is 5.69. The zero-order valence-corrected chi connectivity index (χ0v) is 9.74. The number of aryl methyl sites for hydroxylation is 1. The van der Waals surface area contributed by atoms with E-state index < -0.39 is 0 Å². The lowest BCUT2D eigenvalue weighted by Gasteiger charge is -2.08. The molecule has 1 aliphatic rings. The molecular weight excluding hydrogens is 196 g/mol. The van der Waals surface area contributed by atoms with Crippen LogP contribution in [-0.4, -0.2) is 11.1 Å². The molecular formula is C14H18N2. The largest absolute Gasteiger partial charge is 0.341 e. The smallest absolute Gasteiger partial charge is 0.0485 e. The minimum absolute atomic E-state index is 0.738. The average Bonchev–Trinajstić information content (AvgIpc) is 3.02. The van der Waals surface area contributed by atoms with Crippen molar-refractivity contribution in [2.45, 2.75) is 32.2 Å². The van der Waals surface area contributed by atoms with Crippen molar-refractivity contribution in [3.8, 4) is 0 Å². The van der Waals surface area contributed by atoms with Crippen LogP contribution < -0.4 is 5.73 Å². The molecule has 16 heavy (non-hydrogen) atoms. The molecule has 0 spiro atoms. The molecule has 1 saturated carbocycles. The van der Waals surface area contributed by atoms with Gasteiger partial charge in [-0.15, -0.1) is 0 Å². The summed E-state index contributed by atoms with van der Waals surface area (Å²) < 4.78 is 2.50. The number of benzene rings is 1. The molecule has 1 fully saturated rings. The Morgan fingerprint density at radius 2 is 2.12 bits per heavy atom. The summed E-state index contributed by atoms with van der Waals surface area (Å²) in [6.07, 6.45) is 3.65. The van der Waals surface area contributed by atoms with Gasteiger partial charge in [0.15, 0.2) is 0 Å². The van der Waals surface area contributed by atoms with E-state index in [0.717, 1.165) is 19.0 Å². The van der Waals surface area contributed by atoms with Crippen LogP contribution in [0.15, 0.2) is 24.3 Å². The van der Waals surface area contributed by atoms with Crippen LogP contribution in [-0.2, 0) is 6.42 Å². The number of fused-ring (bicyclic) bond motifs is 1. The van der Waals surface area contributed by atoms with E-state index in [9.17, 15) is 0 Å². The molecule has 0 saturated heterocycles. The van der Waals surface area contributed by atoms with Crippen molar-refractivity contribution in [2.75, 3.05) is 6.54 Å². The van der Waals surface area contributed by atoms with Crippen LogP contribution in [0, 0.1) is 6.92 Å².